The maximum Gasteiger partial charge on any atom is 0.322 e. The number of furan rings is 1. The Bertz CT molecular complexity index is 948. The number of urea groups is 1. The van der Waals surface area contributed by atoms with Gasteiger partial charge in [0.2, 0.25) is 5.91 Å². The highest BCUT2D eigenvalue weighted by molar-refractivity contribution is 5.92. The SMILES string of the molecule is CC(C)N(CC(=O)N(Cc1ccco1)Cc1cccn1C)C(=O)Nc1ccccc1. The second kappa shape index (κ2) is 9.82. The van der Waals surface area contributed by atoms with E-state index >= 15 is 0 Å². The van der Waals surface area contributed by atoms with E-state index in [0.29, 0.717) is 24.5 Å². The molecule has 7 heteroatoms. The van der Waals surface area contributed by atoms with Crippen LogP contribution in [0, 0.1) is 0 Å². The van der Waals surface area contributed by atoms with Gasteiger partial charge in [-0.05, 0) is 50.2 Å². The number of carbonyl (C=O) groups excluding carboxylic acids is 2. The van der Waals surface area contributed by atoms with Crippen molar-refractivity contribution in [2.24, 2.45) is 7.05 Å². The van der Waals surface area contributed by atoms with Crippen LogP contribution in [0.2, 0.25) is 0 Å². The second-order valence-electron chi connectivity index (χ2n) is 7.46. The summed E-state index contributed by atoms with van der Waals surface area (Å²) < 4.78 is 7.43. The monoisotopic (exact) mass is 408 g/mol. The lowest BCUT2D eigenvalue weighted by Crippen LogP contribution is -2.47. The number of rotatable bonds is 8. The number of amides is 3. The Kier molecular flexibility index (Phi) is 6.95. The van der Waals surface area contributed by atoms with Crippen molar-refractivity contribution >= 4 is 17.6 Å². The number of nitrogens with zero attached hydrogens (tertiary/aromatic N) is 3. The molecule has 0 spiro atoms. The maximum absolute atomic E-state index is 13.2. The topological polar surface area (TPSA) is 70.7 Å². The van der Waals surface area contributed by atoms with Gasteiger partial charge in [-0.1, -0.05) is 18.2 Å². The number of benzene rings is 1. The Morgan fingerprint density at radius 2 is 1.80 bits per heavy atom. The number of aromatic nitrogens is 1. The van der Waals surface area contributed by atoms with Gasteiger partial charge in [-0.15, -0.1) is 0 Å². The van der Waals surface area contributed by atoms with E-state index in [-0.39, 0.29) is 24.5 Å². The molecule has 0 fully saturated rings. The number of aryl methyl sites for hydroxylation is 1. The van der Waals surface area contributed by atoms with E-state index in [1.165, 1.54) is 4.90 Å². The normalized spacial score (nSPS) is 10.8. The van der Waals surface area contributed by atoms with Crippen LogP contribution in [-0.2, 0) is 24.9 Å². The summed E-state index contributed by atoms with van der Waals surface area (Å²) in [6.45, 7) is 4.53. The van der Waals surface area contributed by atoms with Gasteiger partial charge in [-0.3, -0.25) is 4.79 Å². The Labute approximate surface area is 176 Å². The van der Waals surface area contributed by atoms with Crippen molar-refractivity contribution in [3.8, 4) is 0 Å². The lowest BCUT2D eigenvalue weighted by molar-refractivity contribution is -0.133. The van der Waals surface area contributed by atoms with Gasteiger partial charge >= 0.3 is 6.03 Å². The van der Waals surface area contributed by atoms with Gasteiger partial charge in [0, 0.05) is 30.7 Å². The fourth-order valence-corrected chi connectivity index (χ4v) is 3.13. The largest absolute Gasteiger partial charge is 0.467 e. The van der Waals surface area contributed by atoms with Crippen molar-refractivity contribution in [3.63, 3.8) is 0 Å². The standard InChI is InChI=1S/C23H28N4O3/c1-18(2)27(23(29)24-19-9-5-4-6-10-19)17-22(28)26(16-21-12-8-14-30-21)15-20-11-7-13-25(20)3/h4-14,18H,15-17H2,1-3H3,(H,24,29). The highest BCUT2D eigenvalue weighted by Crippen LogP contribution is 2.14. The van der Waals surface area contributed by atoms with E-state index in [4.69, 9.17) is 4.42 Å². The first-order chi connectivity index (χ1) is 14.4. The summed E-state index contributed by atoms with van der Waals surface area (Å²) >= 11 is 0. The zero-order valence-corrected chi connectivity index (χ0v) is 17.6. The number of carbonyl (C=O) groups is 2. The molecule has 2 heterocycles. The molecule has 3 aromatic rings. The van der Waals surface area contributed by atoms with E-state index in [1.54, 1.807) is 17.2 Å². The Morgan fingerprint density at radius 3 is 2.40 bits per heavy atom. The average Bonchev–Trinajstić information content (AvgIpc) is 3.38. The molecule has 0 atom stereocenters. The molecular weight excluding hydrogens is 380 g/mol. The molecule has 3 rings (SSSR count). The molecule has 0 saturated heterocycles. The van der Waals surface area contributed by atoms with Crippen LogP contribution in [-0.4, -0.2) is 38.9 Å². The fourth-order valence-electron chi connectivity index (χ4n) is 3.13. The first-order valence-electron chi connectivity index (χ1n) is 9.97. The summed E-state index contributed by atoms with van der Waals surface area (Å²) in [5, 5.41) is 2.86. The van der Waals surface area contributed by atoms with E-state index in [9.17, 15) is 9.59 Å². The first kappa shape index (κ1) is 21.2. The van der Waals surface area contributed by atoms with Crippen LogP contribution in [0.4, 0.5) is 10.5 Å². The Hall–Kier alpha value is -3.48. The Morgan fingerprint density at radius 1 is 1.03 bits per heavy atom. The number of hydrogen-bond acceptors (Lipinski definition) is 3. The minimum absolute atomic E-state index is 0.0263. The van der Waals surface area contributed by atoms with E-state index in [1.807, 2.05) is 80.2 Å². The van der Waals surface area contributed by atoms with Crippen molar-refractivity contribution in [1.29, 1.82) is 0 Å². The second-order valence-corrected chi connectivity index (χ2v) is 7.46. The minimum atomic E-state index is -0.304. The third kappa shape index (κ3) is 5.53. The Balaban J connectivity index is 1.74. The van der Waals surface area contributed by atoms with Crippen molar-refractivity contribution in [3.05, 3.63) is 78.5 Å². The van der Waals surface area contributed by atoms with Gasteiger partial charge in [0.05, 0.1) is 19.4 Å². The predicted molar refractivity (Wildman–Crippen MR) is 116 cm³/mol. The maximum atomic E-state index is 13.2. The molecular formula is C23H28N4O3. The summed E-state index contributed by atoms with van der Waals surface area (Å²) in [6, 6.07) is 16.3. The molecule has 7 nitrogen and oxygen atoms in total. The molecule has 0 aliphatic heterocycles. The molecule has 0 unspecified atom stereocenters. The van der Waals surface area contributed by atoms with Crippen LogP contribution >= 0.6 is 0 Å². The van der Waals surface area contributed by atoms with Gasteiger partial charge in [0.25, 0.3) is 0 Å². The van der Waals surface area contributed by atoms with Gasteiger partial charge in [0.15, 0.2) is 0 Å². The summed E-state index contributed by atoms with van der Waals surface area (Å²) in [6.07, 6.45) is 3.53. The zero-order valence-electron chi connectivity index (χ0n) is 17.6. The van der Waals surface area contributed by atoms with E-state index in [2.05, 4.69) is 5.32 Å². The fraction of sp³-hybridized carbons (Fsp3) is 0.304. The molecule has 2 aromatic heterocycles. The van der Waals surface area contributed by atoms with Crippen LogP contribution in [0.1, 0.15) is 25.3 Å². The minimum Gasteiger partial charge on any atom is -0.467 e. The lowest BCUT2D eigenvalue weighted by Gasteiger charge is -2.30. The molecule has 0 radical (unpaired) electrons. The quantitative estimate of drug-likeness (QED) is 0.610. The molecule has 0 aliphatic rings. The third-order valence-electron chi connectivity index (χ3n) is 4.90. The van der Waals surface area contributed by atoms with Gasteiger partial charge < -0.3 is 24.1 Å². The van der Waals surface area contributed by atoms with Crippen LogP contribution in [0.3, 0.4) is 0 Å². The zero-order chi connectivity index (χ0) is 21.5. The molecule has 30 heavy (non-hydrogen) atoms. The van der Waals surface area contributed by atoms with Crippen molar-refractivity contribution < 1.29 is 14.0 Å². The molecule has 158 valence electrons. The molecule has 0 aliphatic carbocycles. The summed E-state index contributed by atoms with van der Waals surface area (Å²) in [5.41, 5.74) is 1.69. The number of hydrogen-bond donors (Lipinski definition) is 1. The lowest BCUT2D eigenvalue weighted by atomic mass is 10.2. The van der Waals surface area contributed by atoms with Gasteiger partial charge in [-0.2, -0.15) is 0 Å². The van der Waals surface area contributed by atoms with Crippen LogP contribution in [0.15, 0.2) is 71.5 Å². The summed E-state index contributed by atoms with van der Waals surface area (Å²) in [7, 11) is 1.94. The molecule has 0 bridgehead atoms. The highest BCUT2D eigenvalue weighted by Gasteiger charge is 2.25. The van der Waals surface area contributed by atoms with E-state index < -0.39 is 0 Å². The molecule has 0 saturated carbocycles. The molecule has 1 aromatic carbocycles. The summed E-state index contributed by atoms with van der Waals surface area (Å²) in [5.74, 6) is 0.548. The first-order valence-corrected chi connectivity index (χ1v) is 9.97. The van der Waals surface area contributed by atoms with Gasteiger partial charge in [-0.25, -0.2) is 4.79 Å². The van der Waals surface area contributed by atoms with E-state index in [0.717, 1.165) is 5.69 Å². The number of anilines is 1. The highest BCUT2D eigenvalue weighted by atomic mass is 16.3. The van der Waals surface area contributed by atoms with Gasteiger partial charge in [0.1, 0.15) is 12.3 Å². The molecule has 1 N–H and O–H groups in total. The molecule has 3 amide bonds. The van der Waals surface area contributed by atoms with Crippen LogP contribution in [0.5, 0.6) is 0 Å². The number of para-hydroxylation sites is 1. The summed E-state index contributed by atoms with van der Waals surface area (Å²) in [4.78, 5) is 29.3. The van der Waals surface area contributed by atoms with Crippen molar-refractivity contribution in [1.82, 2.24) is 14.4 Å². The smallest absolute Gasteiger partial charge is 0.322 e. The van der Waals surface area contributed by atoms with Crippen molar-refractivity contribution in [2.45, 2.75) is 33.0 Å². The third-order valence-corrected chi connectivity index (χ3v) is 4.90. The van der Waals surface area contributed by atoms with Crippen LogP contribution < -0.4 is 5.32 Å². The average molecular weight is 409 g/mol. The van der Waals surface area contributed by atoms with Crippen LogP contribution in [0.25, 0.3) is 0 Å². The van der Waals surface area contributed by atoms with Crippen molar-refractivity contribution in [2.75, 3.05) is 11.9 Å². The predicted octanol–water partition coefficient (Wildman–Crippen LogP) is 4.09. The number of nitrogens with one attached hydrogen (secondary N) is 1.